The molecule has 0 bridgehead atoms. The highest BCUT2D eigenvalue weighted by Gasteiger charge is 2.19. The van der Waals surface area contributed by atoms with Gasteiger partial charge in [0, 0.05) is 45.7 Å². The third kappa shape index (κ3) is 5.43. The molecule has 0 aromatic heterocycles. The van der Waals surface area contributed by atoms with Gasteiger partial charge in [0.25, 0.3) is 0 Å². The van der Waals surface area contributed by atoms with E-state index in [0.29, 0.717) is 12.3 Å². The molecular weight excluding hydrogens is 290 g/mol. The molecule has 23 heavy (non-hydrogen) atoms. The quantitative estimate of drug-likeness (QED) is 0.835. The predicted molar refractivity (Wildman–Crippen MR) is 94.1 cm³/mol. The van der Waals surface area contributed by atoms with E-state index in [1.807, 2.05) is 18.2 Å². The second-order valence-corrected chi connectivity index (χ2v) is 6.45. The number of carbonyl (C=O) groups excluding carboxylic acids is 1. The van der Waals surface area contributed by atoms with Gasteiger partial charge in [-0.05, 0) is 18.1 Å². The van der Waals surface area contributed by atoms with Crippen molar-refractivity contribution in [3.63, 3.8) is 0 Å². The van der Waals surface area contributed by atoms with E-state index in [1.165, 1.54) is 0 Å². The Labute approximate surface area is 139 Å². The number of methoxy groups -OCH3 is 1. The first kappa shape index (κ1) is 17.6. The Morgan fingerprint density at radius 3 is 2.57 bits per heavy atom. The maximum Gasteiger partial charge on any atom is 0.221 e. The Balaban J connectivity index is 1.75. The highest BCUT2D eigenvalue weighted by molar-refractivity contribution is 5.76. The van der Waals surface area contributed by atoms with Crippen LogP contribution in [0.3, 0.4) is 0 Å². The summed E-state index contributed by atoms with van der Waals surface area (Å²) in [6.45, 7) is 9.71. The predicted octanol–water partition coefficient (Wildman–Crippen LogP) is 1.98. The van der Waals surface area contributed by atoms with E-state index in [0.717, 1.165) is 50.7 Å². The molecule has 5 heteroatoms. The van der Waals surface area contributed by atoms with Crippen LogP contribution in [0.5, 0.6) is 5.75 Å². The fourth-order valence-corrected chi connectivity index (χ4v) is 2.77. The van der Waals surface area contributed by atoms with Crippen LogP contribution in [0.25, 0.3) is 0 Å². The first-order chi connectivity index (χ1) is 11.1. The Morgan fingerprint density at radius 2 is 1.91 bits per heavy atom. The molecule has 1 amide bonds. The Hall–Kier alpha value is -1.75. The molecule has 128 valence electrons. The second kappa shape index (κ2) is 8.77. The zero-order valence-corrected chi connectivity index (χ0v) is 14.5. The summed E-state index contributed by atoms with van der Waals surface area (Å²) in [5.41, 5.74) is 1.16. The average molecular weight is 319 g/mol. The van der Waals surface area contributed by atoms with Crippen molar-refractivity contribution in [3.05, 3.63) is 24.3 Å². The van der Waals surface area contributed by atoms with Crippen molar-refractivity contribution < 1.29 is 9.53 Å². The van der Waals surface area contributed by atoms with Gasteiger partial charge < -0.3 is 15.0 Å². The molecule has 2 rings (SSSR count). The summed E-state index contributed by atoms with van der Waals surface area (Å²) in [5.74, 6) is 1.59. The Morgan fingerprint density at radius 1 is 1.22 bits per heavy atom. The van der Waals surface area contributed by atoms with Crippen molar-refractivity contribution in [2.24, 2.45) is 5.92 Å². The number of para-hydroxylation sites is 2. The van der Waals surface area contributed by atoms with Gasteiger partial charge in [-0.15, -0.1) is 0 Å². The second-order valence-electron chi connectivity index (χ2n) is 6.45. The van der Waals surface area contributed by atoms with E-state index in [4.69, 9.17) is 4.74 Å². The minimum absolute atomic E-state index is 0.158. The third-order valence-electron chi connectivity index (χ3n) is 4.16. The lowest BCUT2D eigenvalue weighted by Crippen LogP contribution is -2.47. The lowest BCUT2D eigenvalue weighted by atomic mass is 10.2. The monoisotopic (exact) mass is 319 g/mol. The molecule has 1 fully saturated rings. The van der Waals surface area contributed by atoms with Crippen molar-refractivity contribution in [1.82, 2.24) is 10.2 Å². The van der Waals surface area contributed by atoms with Crippen molar-refractivity contribution in [1.29, 1.82) is 0 Å². The number of rotatable bonds is 7. The van der Waals surface area contributed by atoms with E-state index in [2.05, 4.69) is 35.0 Å². The molecular formula is C18H29N3O2. The summed E-state index contributed by atoms with van der Waals surface area (Å²) in [6, 6.07) is 8.15. The van der Waals surface area contributed by atoms with Gasteiger partial charge in [0.1, 0.15) is 5.75 Å². The van der Waals surface area contributed by atoms with Gasteiger partial charge in [0.2, 0.25) is 5.91 Å². The lowest BCUT2D eigenvalue weighted by molar-refractivity contribution is -0.121. The maximum absolute atomic E-state index is 11.8. The molecule has 1 N–H and O–H groups in total. The van der Waals surface area contributed by atoms with Gasteiger partial charge in [-0.2, -0.15) is 0 Å². The molecule has 0 saturated carbocycles. The van der Waals surface area contributed by atoms with Crippen LogP contribution >= 0.6 is 0 Å². The smallest absolute Gasteiger partial charge is 0.221 e. The number of nitrogens with one attached hydrogen (secondary N) is 1. The topological polar surface area (TPSA) is 44.8 Å². The molecule has 5 nitrogen and oxygen atoms in total. The van der Waals surface area contributed by atoms with Crippen molar-refractivity contribution in [2.45, 2.75) is 20.3 Å². The highest BCUT2D eigenvalue weighted by Crippen LogP contribution is 2.28. The van der Waals surface area contributed by atoms with Crippen molar-refractivity contribution >= 4 is 11.6 Å². The highest BCUT2D eigenvalue weighted by atomic mass is 16.5. The van der Waals surface area contributed by atoms with Gasteiger partial charge in [-0.25, -0.2) is 0 Å². The molecule has 0 aliphatic carbocycles. The van der Waals surface area contributed by atoms with Gasteiger partial charge in [-0.3, -0.25) is 9.69 Å². The molecule has 1 aromatic rings. The Bertz CT molecular complexity index is 497. The van der Waals surface area contributed by atoms with Crippen LogP contribution in [0.1, 0.15) is 20.3 Å². The van der Waals surface area contributed by atoms with Crippen molar-refractivity contribution in [2.75, 3.05) is 51.3 Å². The number of anilines is 1. The largest absolute Gasteiger partial charge is 0.495 e. The van der Waals surface area contributed by atoms with E-state index in [1.54, 1.807) is 7.11 Å². The van der Waals surface area contributed by atoms with Crippen LogP contribution in [-0.4, -0.2) is 57.2 Å². The summed E-state index contributed by atoms with van der Waals surface area (Å²) < 4.78 is 5.44. The molecule has 1 aliphatic heterocycles. The minimum Gasteiger partial charge on any atom is -0.495 e. The number of piperazine rings is 1. The van der Waals surface area contributed by atoms with E-state index in [-0.39, 0.29) is 5.91 Å². The molecule has 1 saturated heterocycles. The zero-order valence-electron chi connectivity index (χ0n) is 14.5. The molecule has 1 heterocycles. The van der Waals surface area contributed by atoms with Crippen LogP contribution < -0.4 is 15.0 Å². The van der Waals surface area contributed by atoms with Gasteiger partial charge in [0.05, 0.1) is 12.8 Å². The molecule has 0 spiro atoms. The molecule has 0 radical (unpaired) electrons. The summed E-state index contributed by atoms with van der Waals surface area (Å²) in [6.07, 6.45) is 0.585. The summed E-state index contributed by atoms with van der Waals surface area (Å²) in [5, 5.41) is 2.98. The number of hydrogen-bond donors (Lipinski definition) is 1. The summed E-state index contributed by atoms with van der Waals surface area (Å²) in [7, 11) is 1.71. The fraction of sp³-hybridized carbons (Fsp3) is 0.611. The van der Waals surface area contributed by atoms with Gasteiger partial charge >= 0.3 is 0 Å². The summed E-state index contributed by atoms with van der Waals surface area (Å²) in [4.78, 5) is 16.5. The first-order valence-corrected chi connectivity index (χ1v) is 8.47. The molecule has 1 aromatic carbocycles. The molecule has 0 unspecified atom stereocenters. The first-order valence-electron chi connectivity index (χ1n) is 8.47. The number of benzene rings is 1. The maximum atomic E-state index is 11.8. The van der Waals surface area contributed by atoms with Crippen LogP contribution in [0.2, 0.25) is 0 Å². The van der Waals surface area contributed by atoms with Crippen LogP contribution in [-0.2, 0) is 4.79 Å². The van der Waals surface area contributed by atoms with Crippen molar-refractivity contribution in [3.8, 4) is 5.75 Å². The molecule has 0 atom stereocenters. The minimum atomic E-state index is 0.158. The summed E-state index contributed by atoms with van der Waals surface area (Å²) >= 11 is 0. The fourth-order valence-electron chi connectivity index (χ4n) is 2.77. The normalized spacial score (nSPS) is 15.7. The van der Waals surface area contributed by atoms with Crippen LogP contribution in [0.4, 0.5) is 5.69 Å². The van der Waals surface area contributed by atoms with Crippen LogP contribution in [0.15, 0.2) is 24.3 Å². The molecule has 1 aliphatic rings. The standard InChI is InChI=1S/C18H29N3O2/c1-15(2)14-19-18(22)8-9-20-10-12-21(13-11-20)16-6-4-5-7-17(16)23-3/h4-7,15H,8-14H2,1-3H3,(H,19,22). The SMILES string of the molecule is COc1ccccc1N1CCN(CCC(=O)NCC(C)C)CC1. The van der Waals surface area contributed by atoms with Gasteiger partial charge in [0.15, 0.2) is 0 Å². The number of nitrogens with zero attached hydrogens (tertiary/aromatic N) is 2. The van der Waals surface area contributed by atoms with Crippen LogP contribution in [0, 0.1) is 5.92 Å². The number of hydrogen-bond acceptors (Lipinski definition) is 4. The zero-order chi connectivity index (χ0) is 16.7. The average Bonchev–Trinajstić information content (AvgIpc) is 2.58. The van der Waals surface area contributed by atoms with E-state index in [9.17, 15) is 4.79 Å². The number of carbonyl (C=O) groups is 1. The van der Waals surface area contributed by atoms with E-state index < -0.39 is 0 Å². The number of amides is 1. The van der Waals surface area contributed by atoms with Gasteiger partial charge in [-0.1, -0.05) is 26.0 Å². The Kier molecular flexibility index (Phi) is 6.71. The van der Waals surface area contributed by atoms with E-state index >= 15 is 0 Å². The lowest BCUT2D eigenvalue weighted by Gasteiger charge is -2.36. The number of ether oxygens (including phenoxy) is 1. The third-order valence-corrected chi connectivity index (χ3v) is 4.16.